The monoisotopic (exact) mass is 346 g/mol. The van der Waals surface area contributed by atoms with Crippen molar-refractivity contribution in [2.24, 2.45) is 0 Å². The van der Waals surface area contributed by atoms with E-state index in [1.807, 2.05) is 0 Å². The van der Waals surface area contributed by atoms with Crippen LogP contribution in [0.25, 0.3) is 0 Å². The quantitative estimate of drug-likeness (QED) is 0.672. The van der Waals surface area contributed by atoms with Crippen LogP contribution in [-0.2, 0) is 0 Å². The van der Waals surface area contributed by atoms with E-state index in [1.165, 1.54) is 0 Å². The standard InChI is InChI=1S/C14H38N6Si2/c1-13(2,3)19-17(11)22(16(9)10)20(14(4,5)6)18(12)21(19)15(7)8/h21-22H,1-12H3. The summed E-state index contributed by atoms with van der Waals surface area (Å²) < 4.78 is 15.3. The van der Waals surface area contributed by atoms with Gasteiger partial charge in [0.2, 0.25) is 0 Å². The molecule has 1 saturated heterocycles. The maximum atomic E-state index is 2.66. The molecule has 22 heavy (non-hydrogen) atoms. The van der Waals surface area contributed by atoms with Crippen molar-refractivity contribution in [1.82, 2.24) is 27.8 Å². The Morgan fingerprint density at radius 2 is 0.818 bits per heavy atom. The van der Waals surface area contributed by atoms with Crippen LogP contribution in [0.4, 0.5) is 0 Å². The van der Waals surface area contributed by atoms with Crippen molar-refractivity contribution in [2.75, 3.05) is 42.3 Å². The Morgan fingerprint density at radius 3 is 0.955 bits per heavy atom. The van der Waals surface area contributed by atoms with Gasteiger partial charge in [-0.3, -0.25) is 0 Å². The molecule has 0 aromatic carbocycles. The van der Waals surface area contributed by atoms with Gasteiger partial charge < -0.3 is 9.13 Å². The van der Waals surface area contributed by atoms with Crippen molar-refractivity contribution in [3.05, 3.63) is 0 Å². The van der Waals surface area contributed by atoms with Crippen LogP contribution in [0, 0.1) is 0 Å². The van der Waals surface area contributed by atoms with E-state index >= 15 is 0 Å². The molecule has 132 valence electrons. The van der Waals surface area contributed by atoms with Gasteiger partial charge in [0.15, 0.2) is 0 Å². The number of hydrazine groups is 2. The summed E-state index contributed by atoms with van der Waals surface area (Å²) in [6, 6.07) is 0. The van der Waals surface area contributed by atoms with E-state index in [-0.39, 0.29) is 11.1 Å². The van der Waals surface area contributed by atoms with Crippen molar-refractivity contribution in [3.63, 3.8) is 0 Å². The van der Waals surface area contributed by atoms with Crippen LogP contribution in [0.15, 0.2) is 0 Å². The third kappa shape index (κ3) is 3.81. The molecule has 0 amide bonds. The highest BCUT2D eigenvalue weighted by Crippen LogP contribution is 2.31. The molecule has 0 N–H and O–H groups in total. The highest BCUT2D eigenvalue weighted by atomic mass is 28.3. The molecule has 2 atom stereocenters. The summed E-state index contributed by atoms with van der Waals surface area (Å²) in [5, 5.41) is 0. The maximum Gasteiger partial charge on any atom is 0.299 e. The van der Waals surface area contributed by atoms with E-state index in [0.717, 1.165) is 0 Å². The molecule has 0 spiro atoms. The minimum atomic E-state index is -1.47. The molecule has 0 aliphatic carbocycles. The predicted octanol–water partition coefficient (Wildman–Crippen LogP) is 0.452. The van der Waals surface area contributed by atoms with E-state index in [9.17, 15) is 0 Å². The van der Waals surface area contributed by atoms with Crippen molar-refractivity contribution in [1.29, 1.82) is 0 Å². The molecule has 1 aliphatic rings. The summed E-state index contributed by atoms with van der Waals surface area (Å²) in [6.07, 6.45) is 0. The average molecular weight is 347 g/mol. The minimum absolute atomic E-state index is 0.120. The Morgan fingerprint density at radius 1 is 0.591 bits per heavy atom. The van der Waals surface area contributed by atoms with Gasteiger partial charge in [0.25, 0.3) is 18.6 Å². The van der Waals surface area contributed by atoms with Gasteiger partial charge in [-0.25, -0.2) is 18.7 Å². The third-order valence-corrected chi connectivity index (χ3v) is 11.5. The minimum Gasteiger partial charge on any atom is -0.306 e. The van der Waals surface area contributed by atoms with Crippen LogP contribution in [0.1, 0.15) is 41.5 Å². The fourth-order valence-electron chi connectivity index (χ4n) is 3.61. The first-order chi connectivity index (χ1) is 9.71. The molecule has 1 heterocycles. The first-order valence-electron chi connectivity index (χ1n) is 8.08. The van der Waals surface area contributed by atoms with Gasteiger partial charge in [0.05, 0.1) is 0 Å². The van der Waals surface area contributed by atoms with Crippen molar-refractivity contribution < 1.29 is 0 Å². The second-order valence-corrected chi connectivity index (χ2v) is 14.7. The largest absolute Gasteiger partial charge is 0.306 e. The molecule has 0 bridgehead atoms. The second kappa shape index (κ2) is 6.60. The molecule has 0 aromatic heterocycles. The van der Waals surface area contributed by atoms with Crippen LogP contribution >= 0.6 is 0 Å². The Kier molecular flexibility index (Phi) is 6.07. The summed E-state index contributed by atoms with van der Waals surface area (Å²) >= 11 is 0. The van der Waals surface area contributed by atoms with E-state index in [2.05, 4.69) is 112 Å². The van der Waals surface area contributed by atoms with Crippen molar-refractivity contribution in [2.45, 2.75) is 52.6 Å². The van der Waals surface area contributed by atoms with Gasteiger partial charge in [0, 0.05) is 11.1 Å². The van der Waals surface area contributed by atoms with Crippen molar-refractivity contribution >= 4 is 18.6 Å². The second-order valence-electron chi connectivity index (χ2n) is 8.80. The van der Waals surface area contributed by atoms with Crippen LogP contribution < -0.4 is 0 Å². The molecular weight excluding hydrogens is 308 g/mol. The van der Waals surface area contributed by atoms with Crippen LogP contribution in [0.3, 0.4) is 0 Å². The molecule has 1 rings (SSSR count). The third-order valence-electron chi connectivity index (χ3n) is 4.08. The maximum absolute atomic E-state index is 2.66. The number of hydrogen-bond acceptors (Lipinski definition) is 6. The molecule has 8 heteroatoms. The van der Waals surface area contributed by atoms with Gasteiger partial charge in [-0.1, -0.05) is 0 Å². The molecule has 0 radical (unpaired) electrons. The van der Waals surface area contributed by atoms with Crippen LogP contribution in [0.5, 0.6) is 0 Å². The molecule has 1 fully saturated rings. The van der Waals surface area contributed by atoms with E-state index < -0.39 is 18.6 Å². The van der Waals surface area contributed by atoms with Gasteiger partial charge in [0.1, 0.15) is 0 Å². The van der Waals surface area contributed by atoms with E-state index in [4.69, 9.17) is 0 Å². The molecule has 1 aliphatic heterocycles. The Labute approximate surface area is 141 Å². The number of hydrogen-bond donors (Lipinski definition) is 0. The lowest BCUT2D eigenvalue weighted by molar-refractivity contribution is -0.0565. The fourth-order valence-corrected chi connectivity index (χ4v) is 11.1. The molecular formula is C14H38N6Si2. The highest BCUT2D eigenvalue weighted by Gasteiger charge is 2.52. The zero-order chi connectivity index (χ0) is 17.6. The summed E-state index contributed by atoms with van der Waals surface area (Å²) in [4.78, 5) is 0. The van der Waals surface area contributed by atoms with Gasteiger partial charge in [-0.15, -0.1) is 0 Å². The summed E-state index contributed by atoms with van der Waals surface area (Å²) in [6.45, 7) is 14.0. The summed E-state index contributed by atoms with van der Waals surface area (Å²) in [7, 11) is 10.5. The zero-order valence-electron chi connectivity index (χ0n) is 16.8. The fraction of sp³-hybridized carbons (Fsp3) is 1.00. The van der Waals surface area contributed by atoms with E-state index in [0.29, 0.717) is 0 Å². The topological polar surface area (TPSA) is 19.4 Å². The smallest absolute Gasteiger partial charge is 0.299 e. The lowest BCUT2D eigenvalue weighted by atomic mass is 10.1. The normalized spacial score (nSPS) is 28.1. The van der Waals surface area contributed by atoms with Gasteiger partial charge in [-0.05, 0) is 83.8 Å². The first-order valence-corrected chi connectivity index (χ1v) is 11.2. The van der Waals surface area contributed by atoms with E-state index in [1.54, 1.807) is 0 Å². The molecule has 0 aromatic rings. The SMILES string of the molecule is CN(C)[SiH]1N(C)N(C(C)(C)C)[SiH](N(C)C)N(C)N1C(C)(C)C. The molecule has 0 saturated carbocycles. The van der Waals surface area contributed by atoms with Crippen LogP contribution in [0.2, 0.25) is 0 Å². The lowest BCUT2D eigenvalue weighted by Gasteiger charge is -2.64. The van der Waals surface area contributed by atoms with Crippen LogP contribution in [-0.4, -0.2) is 99.8 Å². The zero-order valence-corrected chi connectivity index (χ0v) is 19.1. The Bertz CT molecular complexity index is 341. The van der Waals surface area contributed by atoms with Gasteiger partial charge in [-0.2, -0.15) is 0 Å². The number of rotatable bonds is 2. The Hall–Kier alpha value is 0.194. The highest BCUT2D eigenvalue weighted by molar-refractivity contribution is 6.58. The van der Waals surface area contributed by atoms with Gasteiger partial charge >= 0.3 is 0 Å². The average Bonchev–Trinajstić information content (AvgIpc) is 2.26. The molecule has 2 unspecified atom stereocenters. The summed E-state index contributed by atoms with van der Waals surface area (Å²) in [5.74, 6) is 0. The molecule has 6 nitrogen and oxygen atoms in total. The number of nitrogens with zero attached hydrogens (tertiary/aromatic N) is 6. The Balaban J connectivity index is 3.43. The lowest BCUT2D eigenvalue weighted by Crippen LogP contribution is -2.86. The first kappa shape index (κ1) is 20.2. The predicted molar refractivity (Wildman–Crippen MR) is 100 cm³/mol. The summed E-state index contributed by atoms with van der Waals surface area (Å²) in [5.41, 5.74) is 0.241. The van der Waals surface area contributed by atoms with Crippen molar-refractivity contribution in [3.8, 4) is 0 Å².